The van der Waals surface area contributed by atoms with Crippen LogP contribution in [0.2, 0.25) is 0 Å². The summed E-state index contributed by atoms with van der Waals surface area (Å²) in [5.41, 5.74) is -0.650. The molecule has 0 aromatic rings. The summed E-state index contributed by atoms with van der Waals surface area (Å²) in [7, 11) is 0. The fraction of sp³-hybridized carbons (Fsp3) is 0.667. The summed E-state index contributed by atoms with van der Waals surface area (Å²) in [5, 5.41) is 0. The van der Waals surface area contributed by atoms with Gasteiger partial charge in [-0.15, -0.1) is 0 Å². The Morgan fingerprint density at radius 1 is 1.36 bits per heavy atom. The van der Waals surface area contributed by atoms with Crippen LogP contribution in [0.25, 0.3) is 0 Å². The number of carbonyl (C=O) groups is 3. The second-order valence-electron chi connectivity index (χ2n) is 4.18. The molecule has 0 spiro atoms. The number of Topliss-reactive ketones (excluding diaryl/α,β-unsaturated/α-hetero) is 1. The fourth-order valence-electron chi connectivity index (χ4n) is 1.07. The lowest BCUT2D eigenvalue weighted by molar-refractivity contribution is -0.127. The first-order valence-electron chi connectivity index (χ1n) is 4.34. The van der Waals surface area contributed by atoms with Crippen LogP contribution in [0.5, 0.6) is 0 Å². The molecule has 1 fully saturated rings. The van der Waals surface area contributed by atoms with E-state index in [1.165, 1.54) is 0 Å². The van der Waals surface area contributed by atoms with Crippen LogP contribution < -0.4 is 0 Å². The van der Waals surface area contributed by atoms with Crippen LogP contribution in [0.3, 0.4) is 0 Å². The molecule has 1 aliphatic rings. The Bertz CT molecular complexity index is 290. The number of nitrogens with zero attached hydrogens (tertiary/aromatic N) is 1. The summed E-state index contributed by atoms with van der Waals surface area (Å²) >= 11 is 0. The molecule has 5 nitrogen and oxygen atoms in total. The Hall–Kier alpha value is -1.39. The average molecular weight is 199 g/mol. The molecule has 5 heteroatoms. The fourth-order valence-corrected chi connectivity index (χ4v) is 1.07. The zero-order valence-corrected chi connectivity index (χ0v) is 8.49. The highest BCUT2D eigenvalue weighted by atomic mass is 16.6. The van der Waals surface area contributed by atoms with Gasteiger partial charge in [0.05, 0.1) is 13.0 Å². The van der Waals surface area contributed by atoms with Crippen LogP contribution in [0.15, 0.2) is 0 Å². The molecule has 1 aliphatic heterocycles. The number of carbonyl (C=O) groups excluding carboxylic acids is 3. The maximum Gasteiger partial charge on any atom is 0.417 e. The number of rotatable bonds is 0. The normalized spacial score (nSPS) is 17.5. The molecule has 0 aliphatic carbocycles. The van der Waals surface area contributed by atoms with Crippen molar-refractivity contribution in [1.29, 1.82) is 0 Å². The maximum absolute atomic E-state index is 11.3. The van der Waals surface area contributed by atoms with E-state index in [-0.39, 0.29) is 18.7 Å². The number of likely N-dealkylation sites (tertiary alicyclic amines) is 1. The standard InChI is InChI=1S/C9H13NO4/c1-9(2,3)14-8(13)10-5-6(11)4-7(10)12/h4-5H2,1-3H3. The number of ether oxygens (including phenoxy) is 1. The number of amides is 2. The van der Waals surface area contributed by atoms with Gasteiger partial charge in [-0.3, -0.25) is 9.59 Å². The quantitative estimate of drug-likeness (QED) is 0.539. The molecule has 0 saturated carbocycles. The number of ketones is 1. The second kappa shape index (κ2) is 3.40. The lowest BCUT2D eigenvalue weighted by atomic mass is 10.2. The number of imide groups is 1. The molecular formula is C9H13NO4. The van der Waals surface area contributed by atoms with Crippen molar-refractivity contribution < 1.29 is 19.1 Å². The SMILES string of the molecule is CC(C)(C)OC(=O)N1CC(=O)CC1=O. The van der Waals surface area contributed by atoms with Gasteiger partial charge < -0.3 is 4.74 Å². The Morgan fingerprint density at radius 2 is 1.93 bits per heavy atom. The van der Waals surface area contributed by atoms with Gasteiger partial charge in [0.15, 0.2) is 5.78 Å². The topological polar surface area (TPSA) is 63.7 Å². The Labute approximate surface area is 82.0 Å². The molecule has 0 bridgehead atoms. The van der Waals surface area contributed by atoms with Gasteiger partial charge in [-0.1, -0.05) is 0 Å². The van der Waals surface area contributed by atoms with Crippen LogP contribution in [-0.2, 0) is 14.3 Å². The Kier molecular flexibility index (Phi) is 2.59. The van der Waals surface area contributed by atoms with E-state index in [1.807, 2.05) is 0 Å². The van der Waals surface area contributed by atoms with Gasteiger partial charge in [-0.05, 0) is 20.8 Å². The van der Waals surface area contributed by atoms with Crippen LogP contribution in [0.4, 0.5) is 4.79 Å². The van der Waals surface area contributed by atoms with E-state index < -0.39 is 17.6 Å². The van der Waals surface area contributed by atoms with E-state index in [4.69, 9.17) is 4.74 Å². The summed E-state index contributed by atoms with van der Waals surface area (Å²) in [6, 6.07) is 0. The minimum atomic E-state index is -0.742. The highest BCUT2D eigenvalue weighted by Crippen LogP contribution is 2.13. The van der Waals surface area contributed by atoms with Gasteiger partial charge in [0, 0.05) is 0 Å². The zero-order chi connectivity index (χ0) is 10.9. The molecule has 1 saturated heterocycles. The largest absolute Gasteiger partial charge is 0.443 e. The smallest absolute Gasteiger partial charge is 0.417 e. The van der Waals surface area contributed by atoms with Gasteiger partial charge in [-0.2, -0.15) is 0 Å². The van der Waals surface area contributed by atoms with E-state index in [9.17, 15) is 14.4 Å². The van der Waals surface area contributed by atoms with E-state index in [0.29, 0.717) is 0 Å². The monoisotopic (exact) mass is 199 g/mol. The predicted octanol–water partition coefficient (Wildman–Crippen LogP) is 0.723. The van der Waals surface area contributed by atoms with Crippen molar-refractivity contribution in [2.75, 3.05) is 6.54 Å². The minimum Gasteiger partial charge on any atom is -0.443 e. The van der Waals surface area contributed by atoms with Crippen molar-refractivity contribution in [2.24, 2.45) is 0 Å². The zero-order valence-electron chi connectivity index (χ0n) is 8.49. The molecule has 0 unspecified atom stereocenters. The first-order chi connectivity index (χ1) is 6.29. The summed E-state index contributed by atoms with van der Waals surface area (Å²) < 4.78 is 4.95. The summed E-state index contributed by atoms with van der Waals surface area (Å²) in [5.74, 6) is -0.731. The molecule has 0 N–H and O–H groups in total. The average Bonchev–Trinajstić information content (AvgIpc) is 2.26. The van der Waals surface area contributed by atoms with Crippen LogP contribution in [0.1, 0.15) is 27.2 Å². The molecule has 78 valence electrons. The van der Waals surface area contributed by atoms with E-state index in [2.05, 4.69) is 0 Å². The second-order valence-corrected chi connectivity index (χ2v) is 4.18. The molecule has 14 heavy (non-hydrogen) atoms. The van der Waals surface area contributed by atoms with Gasteiger partial charge >= 0.3 is 6.09 Å². The third kappa shape index (κ3) is 2.55. The van der Waals surface area contributed by atoms with Crippen LogP contribution in [-0.4, -0.2) is 34.8 Å². The van der Waals surface area contributed by atoms with Crippen molar-refractivity contribution in [3.05, 3.63) is 0 Å². The van der Waals surface area contributed by atoms with Gasteiger partial charge in [-0.25, -0.2) is 9.69 Å². The highest BCUT2D eigenvalue weighted by molar-refractivity contribution is 6.11. The number of hydrogen-bond acceptors (Lipinski definition) is 4. The maximum atomic E-state index is 11.3. The summed E-state index contributed by atoms with van der Waals surface area (Å²) in [4.78, 5) is 34.2. The number of hydrogen-bond donors (Lipinski definition) is 0. The summed E-state index contributed by atoms with van der Waals surface area (Å²) in [6.45, 7) is 4.95. The lowest BCUT2D eigenvalue weighted by Gasteiger charge is -2.22. The molecule has 0 radical (unpaired) electrons. The first-order valence-corrected chi connectivity index (χ1v) is 4.34. The third-order valence-corrected chi connectivity index (χ3v) is 1.60. The third-order valence-electron chi connectivity index (χ3n) is 1.60. The lowest BCUT2D eigenvalue weighted by Crippen LogP contribution is -2.37. The predicted molar refractivity (Wildman–Crippen MR) is 47.6 cm³/mol. The van der Waals surface area contributed by atoms with Crippen LogP contribution in [0, 0.1) is 0 Å². The molecule has 1 heterocycles. The molecule has 0 atom stereocenters. The van der Waals surface area contributed by atoms with Gasteiger partial charge in [0.1, 0.15) is 5.60 Å². The van der Waals surface area contributed by atoms with E-state index in [1.54, 1.807) is 20.8 Å². The molecular weight excluding hydrogens is 186 g/mol. The first kappa shape index (κ1) is 10.7. The van der Waals surface area contributed by atoms with Gasteiger partial charge in [0.25, 0.3) is 0 Å². The highest BCUT2D eigenvalue weighted by Gasteiger charge is 2.35. The molecule has 1 rings (SSSR count). The Morgan fingerprint density at radius 3 is 2.29 bits per heavy atom. The molecule has 0 aromatic carbocycles. The van der Waals surface area contributed by atoms with Crippen molar-refractivity contribution in [3.8, 4) is 0 Å². The van der Waals surface area contributed by atoms with Crippen molar-refractivity contribution in [2.45, 2.75) is 32.8 Å². The molecule has 0 aromatic heterocycles. The minimum absolute atomic E-state index is 0.159. The van der Waals surface area contributed by atoms with Gasteiger partial charge in [0.2, 0.25) is 5.91 Å². The van der Waals surface area contributed by atoms with Crippen molar-refractivity contribution in [3.63, 3.8) is 0 Å². The van der Waals surface area contributed by atoms with E-state index in [0.717, 1.165) is 4.90 Å². The van der Waals surface area contributed by atoms with Crippen molar-refractivity contribution >= 4 is 17.8 Å². The van der Waals surface area contributed by atoms with Crippen LogP contribution >= 0.6 is 0 Å². The van der Waals surface area contributed by atoms with Crippen molar-refractivity contribution in [1.82, 2.24) is 4.90 Å². The summed E-state index contributed by atoms with van der Waals surface area (Å²) in [6.07, 6.45) is -0.937. The van der Waals surface area contributed by atoms with E-state index >= 15 is 0 Å². The Balaban J connectivity index is 2.62. The molecule has 2 amide bonds.